The van der Waals surface area contributed by atoms with Crippen LogP contribution in [-0.2, 0) is 14.3 Å². The molecule has 0 aromatic carbocycles. The minimum Gasteiger partial charge on any atom is -0.457 e. The summed E-state index contributed by atoms with van der Waals surface area (Å²) >= 11 is 0. The van der Waals surface area contributed by atoms with Gasteiger partial charge in [0.05, 0.1) is 12.7 Å². The van der Waals surface area contributed by atoms with Crippen molar-refractivity contribution in [1.29, 1.82) is 0 Å². The smallest absolute Gasteiger partial charge is 0.333 e. The molecule has 3 nitrogen and oxygen atoms in total. The van der Waals surface area contributed by atoms with Crippen LogP contribution in [0.15, 0.2) is 12.2 Å². The lowest BCUT2D eigenvalue weighted by Gasteiger charge is -2.16. The molecule has 0 N–H and O–H groups in total. The van der Waals surface area contributed by atoms with Crippen molar-refractivity contribution in [2.75, 3.05) is 6.61 Å². The number of hydrogen-bond donors (Lipinski definition) is 0. The molecule has 3 heteroatoms. The average molecular weight is 200 g/mol. The molecule has 0 amide bonds. The first kappa shape index (κ1) is 13.2. The maximum absolute atomic E-state index is 11.1. The van der Waals surface area contributed by atoms with Gasteiger partial charge in [-0.3, -0.25) is 0 Å². The van der Waals surface area contributed by atoms with Gasteiger partial charge in [-0.25, -0.2) is 4.79 Å². The van der Waals surface area contributed by atoms with Gasteiger partial charge in [-0.2, -0.15) is 0 Å². The van der Waals surface area contributed by atoms with E-state index in [2.05, 4.69) is 13.5 Å². The number of hydrogen-bond acceptors (Lipinski definition) is 3. The molecular formula is C11H20O3. The third-order valence-corrected chi connectivity index (χ3v) is 1.85. The summed E-state index contributed by atoms with van der Waals surface area (Å²) in [5.74, 6) is -0.356. The number of esters is 1. The molecule has 0 aromatic heterocycles. The summed E-state index contributed by atoms with van der Waals surface area (Å²) in [6, 6.07) is 0. The highest BCUT2D eigenvalue weighted by Crippen LogP contribution is 2.02. The SMILES string of the molecule is C=C(C)C(=O)OC(C)COC(C)CC. The minimum absolute atomic E-state index is 0.209. The monoisotopic (exact) mass is 200 g/mol. The van der Waals surface area contributed by atoms with Crippen LogP contribution in [0, 0.1) is 0 Å². The van der Waals surface area contributed by atoms with E-state index < -0.39 is 0 Å². The molecule has 0 aliphatic carbocycles. The molecule has 2 atom stereocenters. The maximum Gasteiger partial charge on any atom is 0.333 e. The summed E-state index contributed by atoms with van der Waals surface area (Å²) < 4.78 is 10.5. The maximum atomic E-state index is 11.1. The van der Waals surface area contributed by atoms with E-state index in [4.69, 9.17) is 9.47 Å². The molecule has 0 spiro atoms. The van der Waals surface area contributed by atoms with E-state index in [0.29, 0.717) is 12.2 Å². The van der Waals surface area contributed by atoms with E-state index in [1.165, 1.54) is 0 Å². The Morgan fingerprint density at radius 3 is 2.36 bits per heavy atom. The van der Waals surface area contributed by atoms with Gasteiger partial charge in [-0.1, -0.05) is 13.5 Å². The van der Waals surface area contributed by atoms with Crippen LogP contribution < -0.4 is 0 Å². The molecule has 0 rings (SSSR count). The van der Waals surface area contributed by atoms with Crippen molar-refractivity contribution < 1.29 is 14.3 Å². The van der Waals surface area contributed by atoms with E-state index in [1.54, 1.807) is 6.92 Å². The quantitative estimate of drug-likeness (QED) is 0.487. The zero-order valence-electron chi connectivity index (χ0n) is 9.50. The van der Waals surface area contributed by atoms with Crippen molar-refractivity contribution in [1.82, 2.24) is 0 Å². The molecule has 0 fully saturated rings. The number of ether oxygens (including phenoxy) is 2. The Kier molecular flexibility index (Phi) is 6.21. The van der Waals surface area contributed by atoms with Gasteiger partial charge in [0.2, 0.25) is 0 Å². The molecule has 0 saturated heterocycles. The van der Waals surface area contributed by atoms with E-state index in [0.717, 1.165) is 6.42 Å². The molecular weight excluding hydrogens is 180 g/mol. The summed E-state index contributed by atoms with van der Waals surface area (Å²) in [4.78, 5) is 11.1. The zero-order chi connectivity index (χ0) is 11.1. The van der Waals surface area contributed by atoms with Gasteiger partial charge >= 0.3 is 5.97 Å². The Balaban J connectivity index is 3.70. The molecule has 14 heavy (non-hydrogen) atoms. The summed E-state index contributed by atoms with van der Waals surface area (Å²) in [7, 11) is 0. The fourth-order valence-corrected chi connectivity index (χ4v) is 0.735. The second kappa shape index (κ2) is 6.60. The zero-order valence-corrected chi connectivity index (χ0v) is 9.50. The van der Waals surface area contributed by atoms with Crippen LogP contribution in [0.25, 0.3) is 0 Å². The molecule has 2 unspecified atom stereocenters. The Hall–Kier alpha value is -0.830. The minimum atomic E-state index is -0.356. The van der Waals surface area contributed by atoms with Crippen molar-refractivity contribution in [3.05, 3.63) is 12.2 Å². The first-order valence-electron chi connectivity index (χ1n) is 4.95. The molecule has 0 radical (unpaired) electrons. The van der Waals surface area contributed by atoms with Crippen molar-refractivity contribution in [2.24, 2.45) is 0 Å². The highest BCUT2D eigenvalue weighted by Gasteiger charge is 2.11. The molecule has 82 valence electrons. The summed E-state index contributed by atoms with van der Waals surface area (Å²) in [6.07, 6.45) is 0.954. The largest absolute Gasteiger partial charge is 0.457 e. The second-order valence-corrected chi connectivity index (χ2v) is 3.55. The summed E-state index contributed by atoms with van der Waals surface area (Å²) in [6.45, 7) is 11.4. The van der Waals surface area contributed by atoms with Crippen LogP contribution in [0.5, 0.6) is 0 Å². The average Bonchev–Trinajstić information content (AvgIpc) is 2.13. The Labute approximate surface area is 86.1 Å². The first-order chi connectivity index (χ1) is 6.47. The first-order valence-corrected chi connectivity index (χ1v) is 4.95. The number of rotatable bonds is 6. The van der Waals surface area contributed by atoms with Crippen LogP contribution in [0.4, 0.5) is 0 Å². The Morgan fingerprint density at radius 1 is 1.36 bits per heavy atom. The van der Waals surface area contributed by atoms with E-state index in [-0.39, 0.29) is 18.2 Å². The van der Waals surface area contributed by atoms with Gasteiger partial charge in [0.1, 0.15) is 6.10 Å². The fourth-order valence-electron chi connectivity index (χ4n) is 0.735. The van der Waals surface area contributed by atoms with E-state index in [9.17, 15) is 4.79 Å². The predicted molar refractivity (Wildman–Crippen MR) is 56.1 cm³/mol. The lowest BCUT2D eigenvalue weighted by atomic mass is 10.3. The van der Waals surface area contributed by atoms with Gasteiger partial charge < -0.3 is 9.47 Å². The van der Waals surface area contributed by atoms with E-state index >= 15 is 0 Å². The van der Waals surface area contributed by atoms with Crippen molar-refractivity contribution in [2.45, 2.75) is 46.3 Å². The molecule has 0 aromatic rings. The van der Waals surface area contributed by atoms with E-state index in [1.807, 2.05) is 13.8 Å². The molecule has 0 saturated carbocycles. The van der Waals surface area contributed by atoms with Gasteiger partial charge in [0, 0.05) is 5.57 Å². The third-order valence-electron chi connectivity index (χ3n) is 1.85. The predicted octanol–water partition coefficient (Wildman–Crippen LogP) is 2.31. The molecule has 0 aliphatic rings. The topological polar surface area (TPSA) is 35.5 Å². The second-order valence-electron chi connectivity index (χ2n) is 3.55. The van der Waals surface area contributed by atoms with Crippen LogP contribution in [0.1, 0.15) is 34.1 Å². The fraction of sp³-hybridized carbons (Fsp3) is 0.727. The molecule has 0 aliphatic heterocycles. The van der Waals surface area contributed by atoms with Gasteiger partial charge in [0.15, 0.2) is 0 Å². The third kappa shape index (κ3) is 5.75. The highest BCUT2D eigenvalue weighted by molar-refractivity contribution is 5.87. The standard InChI is InChI=1S/C11H20O3/c1-6-9(4)13-7-10(5)14-11(12)8(2)3/h9-10H,2,6-7H2,1,3-5H3. The van der Waals surface area contributed by atoms with Crippen LogP contribution in [-0.4, -0.2) is 24.8 Å². The van der Waals surface area contributed by atoms with Crippen molar-refractivity contribution in [3.8, 4) is 0 Å². The van der Waals surface area contributed by atoms with Crippen LogP contribution >= 0.6 is 0 Å². The number of carbonyl (C=O) groups is 1. The van der Waals surface area contributed by atoms with Gasteiger partial charge in [-0.15, -0.1) is 0 Å². The lowest BCUT2D eigenvalue weighted by molar-refractivity contribution is -0.147. The summed E-state index contributed by atoms with van der Waals surface area (Å²) in [5, 5.41) is 0. The van der Waals surface area contributed by atoms with Crippen molar-refractivity contribution >= 4 is 5.97 Å². The van der Waals surface area contributed by atoms with Crippen LogP contribution in [0.3, 0.4) is 0 Å². The highest BCUT2D eigenvalue weighted by atomic mass is 16.6. The molecule has 0 heterocycles. The van der Waals surface area contributed by atoms with Crippen LogP contribution in [0.2, 0.25) is 0 Å². The Morgan fingerprint density at radius 2 is 1.93 bits per heavy atom. The number of carbonyl (C=O) groups excluding carboxylic acids is 1. The van der Waals surface area contributed by atoms with Gasteiger partial charge in [0.25, 0.3) is 0 Å². The normalized spacial score (nSPS) is 14.6. The van der Waals surface area contributed by atoms with Gasteiger partial charge in [-0.05, 0) is 27.2 Å². The Bertz CT molecular complexity index is 199. The lowest BCUT2D eigenvalue weighted by Crippen LogP contribution is -2.23. The van der Waals surface area contributed by atoms with Crippen molar-refractivity contribution in [3.63, 3.8) is 0 Å². The molecule has 0 bridgehead atoms. The summed E-state index contributed by atoms with van der Waals surface area (Å²) in [5.41, 5.74) is 0.417.